The molecule has 0 amide bonds. The van der Waals surface area contributed by atoms with E-state index in [4.69, 9.17) is 0 Å². The topological polar surface area (TPSA) is 0 Å². The second-order valence-electron chi connectivity index (χ2n) is 3.92. The quantitative estimate of drug-likeness (QED) is 0.637. The third kappa shape index (κ3) is 3.08. The van der Waals surface area contributed by atoms with Crippen molar-refractivity contribution in [3.63, 3.8) is 0 Å². The summed E-state index contributed by atoms with van der Waals surface area (Å²) in [5.74, 6) is 0.811. The first-order valence-electron chi connectivity index (χ1n) is 4.74. The highest BCUT2D eigenvalue weighted by Crippen LogP contribution is 2.10. The maximum Gasteiger partial charge on any atom is -0.0276 e. The predicted molar refractivity (Wildman–Crippen MR) is 54.3 cm³/mol. The molecule has 0 spiro atoms. The number of hydrogen-bond donors (Lipinski definition) is 0. The van der Waals surface area contributed by atoms with Crippen LogP contribution in [0.1, 0.15) is 31.4 Å². The van der Waals surface area contributed by atoms with Gasteiger partial charge >= 0.3 is 0 Å². The Morgan fingerprint density at radius 2 is 2.00 bits per heavy atom. The van der Waals surface area contributed by atoms with Gasteiger partial charge in [0.15, 0.2) is 0 Å². The van der Waals surface area contributed by atoms with Gasteiger partial charge in [-0.2, -0.15) is 0 Å². The van der Waals surface area contributed by atoms with Crippen LogP contribution >= 0.6 is 0 Å². The molecular formula is C12H18. The van der Waals surface area contributed by atoms with Crippen molar-refractivity contribution >= 4 is 0 Å². The molecule has 0 saturated carbocycles. The van der Waals surface area contributed by atoms with Gasteiger partial charge in [0.2, 0.25) is 0 Å². The molecule has 0 fully saturated rings. The zero-order valence-corrected chi connectivity index (χ0v) is 8.30. The number of hydrogen-bond acceptors (Lipinski definition) is 0. The van der Waals surface area contributed by atoms with Crippen LogP contribution < -0.4 is 0 Å². The van der Waals surface area contributed by atoms with Gasteiger partial charge in [-0.1, -0.05) is 43.7 Å². The Kier molecular flexibility index (Phi) is 3.33. The van der Waals surface area contributed by atoms with Crippen molar-refractivity contribution in [1.82, 2.24) is 0 Å². The van der Waals surface area contributed by atoms with E-state index in [9.17, 15) is 0 Å². The number of aryl methyl sites for hydroxylation is 2. The number of benzene rings is 1. The molecule has 66 valence electrons. The fourth-order valence-corrected chi connectivity index (χ4v) is 1.32. The summed E-state index contributed by atoms with van der Waals surface area (Å²) in [5.41, 5.74) is 2.85. The average Bonchev–Trinajstić information content (AvgIpc) is 2.01. The van der Waals surface area contributed by atoms with Crippen molar-refractivity contribution < 1.29 is 0 Å². The highest BCUT2D eigenvalue weighted by molar-refractivity contribution is 5.22. The second-order valence-corrected chi connectivity index (χ2v) is 3.92. The Hall–Kier alpha value is -0.780. The lowest BCUT2D eigenvalue weighted by Crippen LogP contribution is -1.92. The molecule has 0 N–H and O–H groups in total. The van der Waals surface area contributed by atoms with Crippen LogP contribution in [-0.2, 0) is 6.42 Å². The molecule has 0 bridgehead atoms. The van der Waals surface area contributed by atoms with Crippen LogP contribution in [0.2, 0.25) is 0 Å². The largest absolute Gasteiger partial charge is 0.0628 e. The summed E-state index contributed by atoms with van der Waals surface area (Å²) in [5, 5.41) is 0. The van der Waals surface area contributed by atoms with Crippen molar-refractivity contribution in [2.75, 3.05) is 0 Å². The van der Waals surface area contributed by atoms with Crippen LogP contribution in [0.3, 0.4) is 0 Å². The van der Waals surface area contributed by atoms with E-state index < -0.39 is 0 Å². The summed E-state index contributed by atoms with van der Waals surface area (Å²) in [6.45, 7) is 6.70. The Bertz CT molecular complexity index is 236. The third-order valence-electron chi connectivity index (χ3n) is 2.09. The van der Waals surface area contributed by atoms with E-state index in [1.807, 2.05) is 0 Å². The van der Waals surface area contributed by atoms with Crippen molar-refractivity contribution in [2.24, 2.45) is 5.92 Å². The fourth-order valence-electron chi connectivity index (χ4n) is 1.32. The van der Waals surface area contributed by atoms with E-state index in [-0.39, 0.29) is 0 Å². The van der Waals surface area contributed by atoms with Crippen molar-refractivity contribution in [3.8, 4) is 0 Å². The zero-order chi connectivity index (χ0) is 8.97. The van der Waals surface area contributed by atoms with E-state index in [0.29, 0.717) is 0 Å². The summed E-state index contributed by atoms with van der Waals surface area (Å²) in [4.78, 5) is 0. The molecule has 0 aliphatic carbocycles. The van der Waals surface area contributed by atoms with E-state index in [1.54, 1.807) is 0 Å². The van der Waals surface area contributed by atoms with Crippen molar-refractivity contribution in [1.29, 1.82) is 0 Å². The van der Waals surface area contributed by atoms with Gasteiger partial charge in [-0.05, 0) is 31.2 Å². The SMILES string of the molecule is Cc1cccc(CCC(C)C)c1. The first-order chi connectivity index (χ1) is 5.68. The fraction of sp³-hybridized carbons (Fsp3) is 0.500. The lowest BCUT2D eigenvalue weighted by Gasteiger charge is -2.04. The molecule has 0 atom stereocenters. The van der Waals surface area contributed by atoms with E-state index in [1.165, 1.54) is 24.0 Å². The summed E-state index contributed by atoms with van der Waals surface area (Å²) in [6.07, 6.45) is 2.52. The van der Waals surface area contributed by atoms with Gasteiger partial charge in [0.25, 0.3) is 0 Å². The molecule has 12 heavy (non-hydrogen) atoms. The summed E-state index contributed by atoms with van der Waals surface area (Å²) in [7, 11) is 0. The maximum absolute atomic E-state index is 2.28. The van der Waals surface area contributed by atoms with Crippen LogP contribution in [-0.4, -0.2) is 0 Å². The van der Waals surface area contributed by atoms with Gasteiger partial charge in [-0.25, -0.2) is 0 Å². The Balaban J connectivity index is 2.52. The maximum atomic E-state index is 2.28. The van der Waals surface area contributed by atoms with Crippen molar-refractivity contribution in [2.45, 2.75) is 33.6 Å². The van der Waals surface area contributed by atoms with Gasteiger partial charge in [-0.15, -0.1) is 0 Å². The van der Waals surface area contributed by atoms with E-state index >= 15 is 0 Å². The monoisotopic (exact) mass is 162 g/mol. The molecule has 0 aliphatic heterocycles. The lowest BCUT2D eigenvalue weighted by atomic mass is 10.0. The average molecular weight is 162 g/mol. The summed E-state index contributed by atoms with van der Waals surface area (Å²) in [6, 6.07) is 8.79. The molecule has 0 radical (unpaired) electrons. The Morgan fingerprint density at radius 3 is 2.58 bits per heavy atom. The molecule has 0 heteroatoms. The molecule has 0 nitrogen and oxygen atoms in total. The molecule has 0 aliphatic rings. The first kappa shape index (κ1) is 9.31. The molecule has 0 unspecified atom stereocenters. The first-order valence-corrected chi connectivity index (χ1v) is 4.74. The molecule has 0 heterocycles. The molecule has 0 saturated heterocycles. The van der Waals surface area contributed by atoms with Crippen LogP contribution in [0.4, 0.5) is 0 Å². The Morgan fingerprint density at radius 1 is 1.25 bits per heavy atom. The minimum absolute atomic E-state index is 0.811. The van der Waals surface area contributed by atoms with Gasteiger partial charge in [-0.3, -0.25) is 0 Å². The predicted octanol–water partition coefficient (Wildman–Crippen LogP) is 3.58. The van der Waals surface area contributed by atoms with Crippen LogP contribution in [0, 0.1) is 12.8 Å². The van der Waals surface area contributed by atoms with Crippen molar-refractivity contribution in [3.05, 3.63) is 35.4 Å². The standard InChI is InChI=1S/C12H18/c1-10(2)7-8-12-6-4-5-11(3)9-12/h4-6,9-10H,7-8H2,1-3H3. The minimum atomic E-state index is 0.811. The molecule has 0 aromatic heterocycles. The molecule has 1 rings (SSSR count). The van der Waals surface area contributed by atoms with Crippen LogP contribution in [0.15, 0.2) is 24.3 Å². The molecule has 1 aromatic carbocycles. The lowest BCUT2D eigenvalue weighted by molar-refractivity contribution is 0.586. The minimum Gasteiger partial charge on any atom is -0.0628 e. The molecular weight excluding hydrogens is 144 g/mol. The zero-order valence-electron chi connectivity index (χ0n) is 8.30. The second kappa shape index (κ2) is 4.30. The van der Waals surface area contributed by atoms with E-state index in [0.717, 1.165) is 5.92 Å². The number of rotatable bonds is 3. The van der Waals surface area contributed by atoms with Gasteiger partial charge in [0.1, 0.15) is 0 Å². The Labute approximate surface area is 75.6 Å². The molecule has 1 aromatic rings. The highest BCUT2D eigenvalue weighted by atomic mass is 14.0. The van der Waals surface area contributed by atoms with Crippen LogP contribution in [0.5, 0.6) is 0 Å². The van der Waals surface area contributed by atoms with Gasteiger partial charge in [0, 0.05) is 0 Å². The summed E-state index contributed by atoms with van der Waals surface area (Å²) < 4.78 is 0. The smallest absolute Gasteiger partial charge is 0.0276 e. The van der Waals surface area contributed by atoms with E-state index in [2.05, 4.69) is 45.0 Å². The van der Waals surface area contributed by atoms with Crippen LogP contribution in [0.25, 0.3) is 0 Å². The van der Waals surface area contributed by atoms with Gasteiger partial charge < -0.3 is 0 Å². The normalized spacial score (nSPS) is 10.7. The summed E-state index contributed by atoms with van der Waals surface area (Å²) >= 11 is 0. The van der Waals surface area contributed by atoms with Gasteiger partial charge in [0.05, 0.1) is 0 Å². The third-order valence-corrected chi connectivity index (χ3v) is 2.09. The highest BCUT2D eigenvalue weighted by Gasteiger charge is 1.96.